The van der Waals surface area contributed by atoms with E-state index in [4.69, 9.17) is 4.74 Å². The minimum absolute atomic E-state index is 0.0859. The van der Waals surface area contributed by atoms with E-state index >= 15 is 0 Å². The van der Waals surface area contributed by atoms with Crippen molar-refractivity contribution in [2.24, 2.45) is 0 Å². The van der Waals surface area contributed by atoms with Gasteiger partial charge in [-0.2, -0.15) is 0 Å². The van der Waals surface area contributed by atoms with E-state index in [9.17, 15) is 9.59 Å². The Morgan fingerprint density at radius 1 is 1.17 bits per heavy atom. The second-order valence-electron chi connectivity index (χ2n) is 7.70. The van der Waals surface area contributed by atoms with Gasteiger partial charge in [-0.3, -0.25) is 9.59 Å². The summed E-state index contributed by atoms with van der Waals surface area (Å²) >= 11 is 0. The Kier molecular flexibility index (Phi) is 5.81. The van der Waals surface area contributed by atoms with E-state index in [0.29, 0.717) is 17.8 Å². The molecule has 2 aromatic carbocycles. The molecule has 2 N–H and O–H groups in total. The van der Waals surface area contributed by atoms with Gasteiger partial charge in [0.15, 0.2) is 0 Å². The Hall–Kier alpha value is -2.86. The number of carbonyl (C=O) groups is 2. The number of hydrogen-bond acceptors (Lipinski definition) is 4. The van der Waals surface area contributed by atoms with Crippen molar-refractivity contribution in [1.82, 2.24) is 5.32 Å². The third-order valence-electron chi connectivity index (χ3n) is 5.55. The second-order valence-corrected chi connectivity index (χ2v) is 7.70. The molecule has 0 spiro atoms. The van der Waals surface area contributed by atoms with E-state index in [1.165, 1.54) is 18.1 Å². The first-order valence-corrected chi connectivity index (χ1v) is 10.2. The average Bonchev–Trinajstić information content (AvgIpc) is 3.25. The summed E-state index contributed by atoms with van der Waals surface area (Å²) in [5.74, 6) is -0.295. The highest BCUT2D eigenvalue weighted by atomic mass is 16.5. The molecule has 0 aliphatic carbocycles. The average molecular weight is 393 g/mol. The molecule has 2 aliphatic heterocycles. The fourth-order valence-corrected chi connectivity index (χ4v) is 4.08. The van der Waals surface area contributed by atoms with Crippen LogP contribution in [0.5, 0.6) is 0 Å². The van der Waals surface area contributed by atoms with Crippen LogP contribution < -0.4 is 15.5 Å². The van der Waals surface area contributed by atoms with Crippen molar-refractivity contribution in [1.29, 1.82) is 0 Å². The standard InChI is InChI=1S/C23H27N3O3/c1-16(27)25-19-8-9-22(26-11-10-17-5-2-3-6-18(17)15-26)21(13-19)23(28)24-14-20-7-4-12-29-20/h2-3,5-6,8-9,13,20H,4,7,10-12,14-15H2,1H3,(H,24,28)(H,25,27). The van der Waals surface area contributed by atoms with Crippen LogP contribution >= 0.6 is 0 Å². The Balaban J connectivity index is 1.58. The first-order valence-electron chi connectivity index (χ1n) is 10.2. The van der Waals surface area contributed by atoms with Crippen LogP contribution in [0.4, 0.5) is 11.4 Å². The van der Waals surface area contributed by atoms with E-state index in [0.717, 1.165) is 44.6 Å². The molecule has 1 unspecified atom stereocenters. The molecule has 152 valence electrons. The largest absolute Gasteiger partial charge is 0.376 e. The van der Waals surface area contributed by atoms with Crippen molar-refractivity contribution >= 4 is 23.2 Å². The second kappa shape index (κ2) is 8.66. The number of hydrogen-bond donors (Lipinski definition) is 2. The topological polar surface area (TPSA) is 70.7 Å². The number of nitrogens with one attached hydrogen (secondary N) is 2. The molecule has 1 fully saturated rings. The molecule has 6 heteroatoms. The Bertz CT molecular complexity index is 906. The van der Waals surface area contributed by atoms with Crippen LogP contribution in [0.2, 0.25) is 0 Å². The molecule has 2 aromatic rings. The fraction of sp³-hybridized carbons (Fsp3) is 0.391. The highest BCUT2D eigenvalue weighted by Gasteiger charge is 2.23. The van der Waals surface area contributed by atoms with Crippen molar-refractivity contribution in [3.8, 4) is 0 Å². The minimum atomic E-state index is -0.157. The quantitative estimate of drug-likeness (QED) is 0.819. The number of fused-ring (bicyclic) bond motifs is 1. The maximum absolute atomic E-state index is 13.0. The van der Waals surface area contributed by atoms with Gasteiger partial charge < -0.3 is 20.3 Å². The summed E-state index contributed by atoms with van der Waals surface area (Å²) < 4.78 is 5.62. The van der Waals surface area contributed by atoms with Crippen LogP contribution in [0.15, 0.2) is 42.5 Å². The van der Waals surface area contributed by atoms with Crippen LogP contribution in [0.3, 0.4) is 0 Å². The molecule has 29 heavy (non-hydrogen) atoms. The third-order valence-corrected chi connectivity index (χ3v) is 5.55. The van der Waals surface area contributed by atoms with Gasteiger partial charge in [-0.1, -0.05) is 24.3 Å². The molecule has 0 aromatic heterocycles. The van der Waals surface area contributed by atoms with E-state index in [2.05, 4.69) is 39.8 Å². The number of ether oxygens (including phenoxy) is 1. The van der Waals surface area contributed by atoms with Crippen LogP contribution in [0.25, 0.3) is 0 Å². The monoisotopic (exact) mass is 393 g/mol. The number of rotatable bonds is 5. The maximum Gasteiger partial charge on any atom is 0.253 e. The van der Waals surface area contributed by atoms with Gasteiger partial charge in [0.25, 0.3) is 5.91 Å². The number of amides is 2. The summed E-state index contributed by atoms with van der Waals surface area (Å²) in [6.07, 6.45) is 3.04. The zero-order chi connectivity index (χ0) is 20.2. The summed E-state index contributed by atoms with van der Waals surface area (Å²) in [7, 11) is 0. The predicted molar refractivity (Wildman–Crippen MR) is 113 cm³/mol. The number of benzene rings is 2. The number of carbonyl (C=O) groups excluding carboxylic acids is 2. The van der Waals surface area contributed by atoms with Crippen molar-refractivity contribution in [3.05, 3.63) is 59.2 Å². The summed E-state index contributed by atoms with van der Waals surface area (Å²) in [5, 5.41) is 5.80. The fourth-order valence-electron chi connectivity index (χ4n) is 4.08. The van der Waals surface area contributed by atoms with Crippen molar-refractivity contribution in [2.75, 3.05) is 29.9 Å². The van der Waals surface area contributed by atoms with Crippen molar-refractivity contribution in [3.63, 3.8) is 0 Å². The molecule has 2 aliphatic rings. The van der Waals surface area contributed by atoms with Gasteiger partial charge in [0, 0.05) is 44.5 Å². The smallest absolute Gasteiger partial charge is 0.253 e. The van der Waals surface area contributed by atoms with Crippen LogP contribution in [-0.2, 0) is 22.5 Å². The number of nitrogens with zero attached hydrogens (tertiary/aromatic N) is 1. The van der Waals surface area contributed by atoms with Crippen LogP contribution in [-0.4, -0.2) is 37.6 Å². The predicted octanol–water partition coefficient (Wildman–Crippen LogP) is 3.12. The van der Waals surface area contributed by atoms with Gasteiger partial charge in [-0.25, -0.2) is 0 Å². The lowest BCUT2D eigenvalue weighted by Crippen LogP contribution is -2.35. The summed E-state index contributed by atoms with van der Waals surface area (Å²) in [6, 6.07) is 14.0. The first-order chi connectivity index (χ1) is 14.1. The Morgan fingerprint density at radius 3 is 2.76 bits per heavy atom. The van der Waals surface area contributed by atoms with Crippen LogP contribution in [0, 0.1) is 0 Å². The minimum Gasteiger partial charge on any atom is -0.376 e. The van der Waals surface area contributed by atoms with E-state index < -0.39 is 0 Å². The summed E-state index contributed by atoms with van der Waals surface area (Å²) in [4.78, 5) is 26.8. The Labute approximate surface area is 171 Å². The lowest BCUT2D eigenvalue weighted by atomic mass is 9.98. The molecule has 1 atom stereocenters. The lowest BCUT2D eigenvalue weighted by molar-refractivity contribution is -0.114. The molecule has 0 bridgehead atoms. The van der Waals surface area contributed by atoms with Crippen molar-refractivity contribution in [2.45, 2.75) is 38.8 Å². The Morgan fingerprint density at radius 2 is 2.00 bits per heavy atom. The highest BCUT2D eigenvalue weighted by molar-refractivity contribution is 6.02. The van der Waals surface area contributed by atoms with E-state index in [1.807, 2.05) is 12.1 Å². The molecular formula is C23H27N3O3. The summed E-state index contributed by atoms with van der Waals surface area (Å²) in [5.41, 5.74) is 4.74. The molecule has 2 heterocycles. The lowest BCUT2D eigenvalue weighted by Gasteiger charge is -2.32. The van der Waals surface area contributed by atoms with Gasteiger partial charge in [-0.15, -0.1) is 0 Å². The van der Waals surface area contributed by atoms with Gasteiger partial charge in [0.2, 0.25) is 5.91 Å². The highest BCUT2D eigenvalue weighted by Crippen LogP contribution is 2.29. The zero-order valence-corrected chi connectivity index (χ0v) is 16.7. The van der Waals surface area contributed by atoms with Gasteiger partial charge >= 0.3 is 0 Å². The third kappa shape index (κ3) is 4.59. The van der Waals surface area contributed by atoms with E-state index in [-0.39, 0.29) is 17.9 Å². The summed E-state index contributed by atoms with van der Waals surface area (Å²) in [6.45, 7) is 4.35. The maximum atomic E-state index is 13.0. The molecule has 0 radical (unpaired) electrons. The molecular weight excluding hydrogens is 366 g/mol. The zero-order valence-electron chi connectivity index (χ0n) is 16.7. The molecule has 6 nitrogen and oxygen atoms in total. The van der Waals surface area contributed by atoms with Gasteiger partial charge in [0.1, 0.15) is 0 Å². The molecule has 2 amide bonds. The van der Waals surface area contributed by atoms with Crippen molar-refractivity contribution < 1.29 is 14.3 Å². The van der Waals surface area contributed by atoms with Gasteiger partial charge in [-0.05, 0) is 48.6 Å². The van der Waals surface area contributed by atoms with Gasteiger partial charge in [0.05, 0.1) is 11.7 Å². The SMILES string of the molecule is CC(=O)Nc1ccc(N2CCc3ccccc3C2)c(C(=O)NCC2CCCO2)c1. The van der Waals surface area contributed by atoms with E-state index in [1.54, 1.807) is 6.07 Å². The molecule has 0 saturated carbocycles. The number of anilines is 2. The first kappa shape index (κ1) is 19.5. The van der Waals surface area contributed by atoms with Crippen LogP contribution in [0.1, 0.15) is 41.3 Å². The molecule has 4 rings (SSSR count). The molecule has 1 saturated heterocycles. The normalized spacial score (nSPS) is 18.2.